The van der Waals surface area contributed by atoms with Crippen LogP contribution in [-0.2, 0) is 13.9 Å². The Kier molecular flexibility index (Phi) is 4.52. The SMILES string of the molecule is CC(C)(C)OO[Si](C)(C)OCCC12CC3CC(CC(C3)C1)C2. The van der Waals surface area contributed by atoms with E-state index in [-0.39, 0.29) is 5.60 Å². The van der Waals surface area contributed by atoms with Crippen molar-refractivity contribution in [2.45, 2.75) is 84.4 Å². The van der Waals surface area contributed by atoms with Crippen LogP contribution in [0.5, 0.6) is 0 Å². The van der Waals surface area contributed by atoms with E-state index in [1.165, 1.54) is 44.9 Å². The normalized spacial score (nSPS) is 37.8. The first kappa shape index (κ1) is 16.9. The Morgan fingerprint density at radius 3 is 1.91 bits per heavy atom. The summed E-state index contributed by atoms with van der Waals surface area (Å²) >= 11 is 0. The molecule has 0 radical (unpaired) electrons. The lowest BCUT2D eigenvalue weighted by atomic mass is 9.49. The monoisotopic (exact) mass is 326 g/mol. The topological polar surface area (TPSA) is 27.7 Å². The van der Waals surface area contributed by atoms with Gasteiger partial charge in [-0.1, -0.05) is 0 Å². The van der Waals surface area contributed by atoms with Crippen molar-refractivity contribution in [1.29, 1.82) is 0 Å². The summed E-state index contributed by atoms with van der Waals surface area (Å²) in [5.74, 6) is 3.07. The Morgan fingerprint density at radius 2 is 1.45 bits per heavy atom. The van der Waals surface area contributed by atoms with Crippen molar-refractivity contribution in [1.82, 2.24) is 0 Å². The molecule has 3 nitrogen and oxygen atoms in total. The predicted molar refractivity (Wildman–Crippen MR) is 90.6 cm³/mol. The van der Waals surface area contributed by atoms with Crippen LogP contribution in [0.15, 0.2) is 0 Å². The molecule has 0 aromatic carbocycles. The molecule has 0 atom stereocenters. The van der Waals surface area contributed by atoms with E-state index in [4.69, 9.17) is 13.9 Å². The Balaban J connectivity index is 1.46. The highest BCUT2D eigenvalue weighted by Crippen LogP contribution is 2.61. The van der Waals surface area contributed by atoms with Gasteiger partial charge >= 0.3 is 8.56 Å². The van der Waals surface area contributed by atoms with Gasteiger partial charge in [-0.05, 0) is 102 Å². The van der Waals surface area contributed by atoms with Gasteiger partial charge in [0.25, 0.3) is 0 Å². The summed E-state index contributed by atoms with van der Waals surface area (Å²) in [6.45, 7) is 11.0. The first-order valence-corrected chi connectivity index (χ1v) is 12.0. The van der Waals surface area contributed by atoms with Crippen LogP contribution in [0.1, 0.15) is 65.7 Å². The summed E-state index contributed by atoms with van der Waals surface area (Å²) < 4.78 is 11.8. The van der Waals surface area contributed by atoms with Crippen LogP contribution in [0.25, 0.3) is 0 Å². The second-order valence-corrected chi connectivity index (χ2v) is 12.9. The average molecular weight is 327 g/mol. The molecular weight excluding hydrogens is 292 g/mol. The molecule has 0 amide bonds. The predicted octanol–water partition coefficient (Wildman–Crippen LogP) is 5.06. The molecule has 22 heavy (non-hydrogen) atoms. The van der Waals surface area contributed by atoms with Gasteiger partial charge in [0, 0.05) is 6.61 Å². The molecule has 4 bridgehead atoms. The fourth-order valence-electron chi connectivity index (χ4n) is 5.36. The molecule has 0 spiro atoms. The Bertz CT molecular complexity index is 364. The molecule has 128 valence electrons. The zero-order valence-corrected chi connectivity index (χ0v) is 16.1. The molecule has 4 rings (SSSR count). The third kappa shape index (κ3) is 4.14. The lowest BCUT2D eigenvalue weighted by molar-refractivity contribution is -0.295. The fraction of sp³-hybridized carbons (Fsp3) is 1.00. The van der Waals surface area contributed by atoms with Crippen LogP contribution in [0.3, 0.4) is 0 Å². The standard InChI is InChI=1S/C18H34O3Si/c1-17(2,3)20-21-22(4,5)19-7-6-18-11-14-8-15(12-18)10-16(9-14)13-18/h14-16H,6-13H2,1-5H3. The van der Waals surface area contributed by atoms with Crippen molar-refractivity contribution in [3.8, 4) is 0 Å². The maximum atomic E-state index is 6.16. The zero-order valence-electron chi connectivity index (χ0n) is 15.1. The summed E-state index contributed by atoms with van der Waals surface area (Å²) in [5.41, 5.74) is 0.331. The van der Waals surface area contributed by atoms with Gasteiger partial charge in [-0.15, -0.1) is 0 Å². The minimum absolute atomic E-state index is 0.270. The van der Waals surface area contributed by atoms with E-state index in [0.29, 0.717) is 5.41 Å². The second kappa shape index (κ2) is 5.87. The highest BCUT2D eigenvalue weighted by molar-refractivity contribution is 6.64. The molecule has 0 unspecified atom stereocenters. The van der Waals surface area contributed by atoms with Gasteiger partial charge < -0.3 is 4.43 Å². The van der Waals surface area contributed by atoms with E-state index in [9.17, 15) is 0 Å². The molecule has 0 heterocycles. The highest BCUT2D eigenvalue weighted by atomic mass is 28.4. The Hall–Kier alpha value is 0.0969. The molecule has 4 saturated carbocycles. The van der Waals surface area contributed by atoms with Crippen molar-refractivity contribution in [2.24, 2.45) is 23.2 Å². The fourth-order valence-corrected chi connectivity index (χ4v) is 6.45. The van der Waals surface area contributed by atoms with E-state index < -0.39 is 8.56 Å². The Labute approximate surface area is 137 Å². The van der Waals surface area contributed by atoms with Crippen molar-refractivity contribution in [3.05, 3.63) is 0 Å². The summed E-state index contributed by atoms with van der Waals surface area (Å²) in [5, 5.41) is 0. The van der Waals surface area contributed by atoms with E-state index in [2.05, 4.69) is 13.1 Å². The number of rotatable bonds is 6. The minimum atomic E-state index is -2.17. The van der Waals surface area contributed by atoms with Crippen LogP contribution in [0, 0.1) is 23.2 Å². The largest absolute Gasteiger partial charge is 0.393 e. The molecule has 0 aromatic rings. The average Bonchev–Trinajstić information content (AvgIpc) is 2.33. The Morgan fingerprint density at radius 1 is 0.955 bits per heavy atom. The molecule has 4 aliphatic carbocycles. The van der Waals surface area contributed by atoms with Gasteiger partial charge in [0.05, 0.1) is 5.60 Å². The van der Waals surface area contributed by atoms with Crippen molar-refractivity contribution in [2.75, 3.05) is 6.61 Å². The summed E-state index contributed by atoms with van der Waals surface area (Å²) in [6, 6.07) is 0. The maximum Gasteiger partial charge on any atom is 0.369 e. The summed E-state index contributed by atoms with van der Waals surface area (Å²) in [6.07, 6.45) is 10.2. The molecule has 4 aliphatic rings. The molecule has 4 fully saturated rings. The van der Waals surface area contributed by atoms with Crippen LogP contribution < -0.4 is 0 Å². The van der Waals surface area contributed by atoms with Gasteiger partial charge in [0.15, 0.2) is 0 Å². The molecule has 4 heteroatoms. The van der Waals surface area contributed by atoms with Gasteiger partial charge in [-0.3, -0.25) is 4.58 Å². The third-order valence-corrected chi connectivity index (χ3v) is 7.12. The lowest BCUT2D eigenvalue weighted by Crippen LogP contribution is -2.47. The quantitative estimate of drug-likeness (QED) is 0.388. The van der Waals surface area contributed by atoms with Gasteiger partial charge in [-0.25, -0.2) is 4.89 Å². The van der Waals surface area contributed by atoms with Crippen LogP contribution >= 0.6 is 0 Å². The zero-order chi connectivity index (χ0) is 16.0. The first-order chi connectivity index (χ1) is 10.1. The van der Waals surface area contributed by atoms with E-state index >= 15 is 0 Å². The van der Waals surface area contributed by atoms with Crippen LogP contribution in [-0.4, -0.2) is 20.8 Å². The second-order valence-electron chi connectivity index (χ2n) is 9.69. The molecule has 0 N–H and O–H groups in total. The molecule has 0 aromatic heterocycles. The molecular formula is C18H34O3Si. The van der Waals surface area contributed by atoms with Crippen LogP contribution in [0.4, 0.5) is 0 Å². The minimum Gasteiger partial charge on any atom is -0.393 e. The van der Waals surface area contributed by atoms with E-state index in [1.54, 1.807) is 0 Å². The summed E-state index contributed by atoms with van der Waals surface area (Å²) in [7, 11) is -2.17. The van der Waals surface area contributed by atoms with Crippen molar-refractivity contribution >= 4 is 8.56 Å². The third-order valence-electron chi connectivity index (χ3n) is 5.74. The summed E-state index contributed by atoms with van der Waals surface area (Å²) in [4.78, 5) is 5.48. The van der Waals surface area contributed by atoms with Crippen LogP contribution in [0.2, 0.25) is 13.1 Å². The van der Waals surface area contributed by atoms with Gasteiger partial charge in [0.2, 0.25) is 0 Å². The van der Waals surface area contributed by atoms with Gasteiger partial charge in [0.1, 0.15) is 0 Å². The highest BCUT2D eigenvalue weighted by Gasteiger charge is 2.50. The van der Waals surface area contributed by atoms with E-state index in [0.717, 1.165) is 24.4 Å². The number of hydrogen-bond acceptors (Lipinski definition) is 3. The van der Waals surface area contributed by atoms with Crippen molar-refractivity contribution in [3.63, 3.8) is 0 Å². The maximum absolute atomic E-state index is 6.16. The molecule has 0 aliphatic heterocycles. The smallest absolute Gasteiger partial charge is 0.369 e. The van der Waals surface area contributed by atoms with Crippen molar-refractivity contribution < 1.29 is 13.9 Å². The lowest BCUT2D eigenvalue weighted by Gasteiger charge is -2.57. The number of hydrogen-bond donors (Lipinski definition) is 0. The van der Waals surface area contributed by atoms with E-state index in [1.807, 2.05) is 20.8 Å². The van der Waals surface area contributed by atoms with Gasteiger partial charge in [-0.2, -0.15) is 0 Å². The first-order valence-electron chi connectivity index (χ1n) is 9.16. The molecule has 0 saturated heterocycles.